The molecule has 0 amide bonds. The minimum atomic E-state index is -0.433. The molecule has 2 aromatic carbocycles. The highest BCUT2D eigenvalue weighted by Gasteiger charge is 2.30. The van der Waals surface area contributed by atoms with Crippen LogP contribution in [-0.4, -0.2) is 20.9 Å². The van der Waals surface area contributed by atoms with E-state index in [1.165, 1.54) is 12.1 Å². The van der Waals surface area contributed by atoms with E-state index in [1.807, 2.05) is 45.6 Å². The van der Waals surface area contributed by atoms with E-state index >= 15 is 0 Å². The molecule has 0 saturated carbocycles. The first kappa shape index (κ1) is 18.4. The van der Waals surface area contributed by atoms with Gasteiger partial charge in [-0.05, 0) is 67.4 Å². The molecule has 4 aromatic rings. The number of nitriles is 1. The van der Waals surface area contributed by atoms with Gasteiger partial charge >= 0.3 is 0 Å². The second kappa shape index (κ2) is 6.99. The Hall–Kier alpha value is -3.66. The SMILES string of the molecule is Cn1c2ccc(N3CCC[C@@H]3c3cc(F)ccc3F)nc2n1-c1ccc(C#N)cc1. The molecule has 0 radical (unpaired) electrons. The predicted octanol–water partition coefficient (Wildman–Crippen LogP) is 4.86. The molecule has 0 bridgehead atoms. The molecule has 0 N–H and O–H groups in total. The summed E-state index contributed by atoms with van der Waals surface area (Å²) in [6, 6.07) is 16.7. The summed E-state index contributed by atoms with van der Waals surface area (Å²) in [6.45, 7) is 0.735. The number of pyridine rings is 1. The number of benzene rings is 2. The smallest absolute Gasteiger partial charge is 0.179 e. The Bertz CT molecular complexity index is 1280. The third-order valence-electron chi connectivity index (χ3n) is 5.79. The van der Waals surface area contributed by atoms with Crippen LogP contribution in [0.4, 0.5) is 14.6 Å². The predicted molar refractivity (Wildman–Crippen MR) is 110 cm³/mol. The number of anilines is 1. The van der Waals surface area contributed by atoms with Crippen LogP contribution in [0, 0.1) is 23.0 Å². The Morgan fingerprint density at radius 2 is 1.87 bits per heavy atom. The lowest BCUT2D eigenvalue weighted by Crippen LogP contribution is -2.26. The van der Waals surface area contributed by atoms with Crippen molar-refractivity contribution in [2.45, 2.75) is 18.9 Å². The van der Waals surface area contributed by atoms with Crippen molar-refractivity contribution in [1.29, 1.82) is 5.26 Å². The number of hydrogen-bond donors (Lipinski definition) is 0. The van der Waals surface area contributed by atoms with E-state index in [1.54, 1.807) is 12.1 Å². The number of aromatic nitrogens is 3. The maximum Gasteiger partial charge on any atom is 0.179 e. The first-order chi connectivity index (χ1) is 14.6. The van der Waals surface area contributed by atoms with Gasteiger partial charge in [0, 0.05) is 19.2 Å². The van der Waals surface area contributed by atoms with Crippen LogP contribution in [0.3, 0.4) is 0 Å². The zero-order valence-corrected chi connectivity index (χ0v) is 16.4. The minimum absolute atomic E-state index is 0.243. The third-order valence-corrected chi connectivity index (χ3v) is 5.79. The van der Waals surface area contributed by atoms with Crippen molar-refractivity contribution in [2.75, 3.05) is 11.4 Å². The molecular formula is C23H19F2N5. The number of aryl methyl sites for hydroxylation is 1. The summed E-state index contributed by atoms with van der Waals surface area (Å²) >= 11 is 0. The molecule has 1 aliphatic heterocycles. The number of rotatable bonds is 3. The van der Waals surface area contributed by atoms with Gasteiger partial charge in [-0.1, -0.05) is 0 Å². The molecule has 1 atom stereocenters. The van der Waals surface area contributed by atoms with Gasteiger partial charge in [0.25, 0.3) is 0 Å². The highest BCUT2D eigenvalue weighted by molar-refractivity contribution is 5.78. The van der Waals surface area contributed by atoms with Gasteiger partial charge in [-0.15, -0.1) is 0 Å². The van der Waals surface area contributed by atoms with Crippen molar-refractivity contribution in [3.63, 3.8) is 0 Å². The van der Waals surface area contributed by atoms with Crippen molar-refractivity contribution in [2.24, 2.45) is 7.05 Å². The summed E-state index contributed by atoms with van der Waals surface area (Å²) in [5.41, 5.74) is 3.66. The topological polar surface area (TPSA) is 49.8 Å². The van der Waals surface area contributed by atoms with Gasteiger partial charge in [0.15, 0.2) is 5.65 Å². The molecule has 3 heterocycles. The monoisotopic (exact) mass is 403 g/mol. The minimum Gasteiger partial charge on any atom is -0.349 e. The summed E-state index contributed by atoms with van der Waals surface area (Å²) < 4.78 is 32.1. The summed E-state index contributed by atoms with van der Waals surface area (Å²) in [7, 11) is 1.95. The van der Waals surface area contributed by atoms with Crippen LogP contribution < -0.4 is 4.90 Å². The number of hydrogen-bond acceptors (Lipinski definition) is 3. The molecule has 5 nitrogen and oxygen atoms in total. The van der Waals surface area contributed by atoms with Crippen LogP contribution in [0.15, 0.2) is 54.6 Å². The summed E-state index contributed by atoms with van der Waals surface area (Å²) in [5, 5.41) is 9.02. The molecular weight excluding hydrogens is 384 g/mol. The quantitative estimate of drug-likeness (QED) is 0.491. The van der Waals surface area contributed by atoms with Crippen LogP contribution >= 0.6 is 0 Å². The van der Waals surface area contributed by atoms with Gasteiger partial charge in [-0.2, -0.15) is 5.26 Å². The zero-order chi connectivity index (χ0) is 20.8. The van der Waals surface area contributed by atoms with E-state index in [4.69, 9.17) is 10.2 Å². The largest absolute Gasteiger partial charge is 0.349 e. The normalized spacial score (nSPS) is 16.3. The maximum absolute atomic E-state index is 14.4. The van der Waals surface area contributed by atoms with Crippen molar-refractivity contribution >= 4 is 17.0 Å². The molecule has 5 rings (SSSR count). The lowest BCUT2D eigenvalue weighted by atomic mass is 10.0. The average molecular weight is 403 g/mol. The lowest BCUT2D eigenvalue weighted by Gasteiger charge is -2.29. The fourth-order valence-corrected chi connectivity index (χ4v) is 4.31. The number of nitrogens with zero attached hydrogens (tertiary/aromatic N) is 5. The highest BCUT2D eigenvalue weighted by Crippen LogP contribution is 2.37. The van der Waals surface area contributed by atoms with Crippen LogP contribution in [0.2, 0.25) is 0 Å². The fourth-order valence-electron chi connectivity index (χ4n) is 4.31. The van der Waals surface area contributed by atoms with Crippen molar-refractivity contribution in [3.8, 4) is 11.8 Å². The van der Waals surface area contributed by atoms with Gasteiger partial charge in [0.05, 0.1) is 23.4 Å². The molecule has 0 unspecified atom stereocenters. The summed E-state index contributed by atoms with van der Waals surface area (Å²) in [4.78, 5) is 6.90. The van der Waals surface area contributed by atoms with Crippen molar-refractivity contribution in [1.82, 2.24) is 14.3 Å². The van der Waals surface area contributed by atoms with E-state index < -0.39 is 11.6 Å². The molecule has 7 heteroatoms. The Morgan fingerprint density at radius 3 is 2.63 bits per heavy atom. The Kier molecular flexibility index (Phi) is 4.28. The van der Waals surface area contributed by atoms with Crippen LogP contribution in [0.25, 0.3) is 16.9 Å². The van der Waals surface area contributed by atoms with E-state index in [-0.39, 0.29) is 6.04 Å². The van der Waals surface area contributed by atoms with E-state index in [2.05, 4.69) is 6.07 Å². The molecule has 150 valence electrons. The highest BCUT2D eigenvalue weighted by atomic mass is 19.1. The maximum atomic E-state index is 14.4. The van der Waals surface area contributed by atoms with Gasteiger partial charge in [0.2, 0.25) is 0 Å². The Labute approximate surface area is 172 Å². The number of fused-ring (bicyclic) bond motifs is 1. The zero-order valence-electron chi connectivity index (χ0n) is 16.4. The molecule has 0 spiro atoms. The molecule has 0 aliphatic carbocycles. The van der Waals surface area contributed by atoms with Crippen LogP contribution in [0.1, 0.15) is 30.0 Å². The van der Waals surface area contributed by atoms with Gasteiger partial charge in [-0.3, -0.25) is 4.68 Å². The van der Waals surface area contributed by atoms with Crippen molar-refractivity contribution in [3.05, 3.63) is 77.4 Å². The van der Waals surface area contributed by atoms with E-state index in [0.29, 0.717) is 11.1 Å². The second-order valence-electron chi connectivity index (χ2n) is 7.52. The third kappa shape index (κ3) is 2.84. The fraction of sp³-hybridized carbons (Fsp3) is 0.217. The first-order valence-corrected chi connectivity index (χ1v) is 9.83. The Morgan fingerprint density at radius 1 is 1.07 bits per heavy atom. The van der Waals surface area contributed by atoms with Gasteiger partial charge < -0.3 is 4.90 Å². The lowest BCUT2D eigenvalue weighted by molar-refractivity contribution is 0.560. The standard InChI is InChI=1S/C23H19F2N5/c1-28-21-10-11-22(27-23(21)30(28)17-7-4-15(14-26)5-8-17)29-12-2-3-20(29)18-13-16(24)6-9-19(18)25/h4-11,13,20H,2-3,12H2,1H3/t20-/m1/s1. The molecule has 1 saturated heterocycles. The van der Waals surface area contributed by atoms with Gasteiger partial charge in [0.1, 0.15) is 23.0 Å². The van der Waals surface area contributed by atoms with E-state index in [0.717, 1.165) is 48.1 Å². The van der Waals surface area contributed by atoms with Crippen LogP contribution in [0.5, 0.6) is 0 Å². The molecule has 30 heavy (non-hydrogen) atoms. The summed E-state index contributed by atoms with van der Waals surface area (Å²) in [5.74, 6) is -0.0835. The molecule has 1 aliphatic rings. The van der Waals surface area contributed by atoms with E-state index in [9.17, 15) is 8.78 Å². The average Bonchev–Trinajstić information content (AvgIpc) is 3.25. The second-order valence-corrected chi connectivity index (χ2v) is 7.52. The van der Waals surface area contributed by atoms with Gasteiger partial charge in [-0.25, -0.2) is 18.4 Å². The van der Waals surface area contributed by atoms with Crippen LogP contribution in [-0.2, 0) is 7.05 Å². The summed E-state index contributed by atoms with van der Waals surface area (Å²) in [6.07, 6.45) is 1.64. The van der Waals surface area contributed by atoms with Crippen molar-refractivity contribution < 1.29 is 8.78 Å². The first-order valence-electron chi connectivity index (χ1n) is 9.83. The molecule has 2 aromatic heterocycles. The molecule has 1 fully saturated rings. The Balaban J connectivity index is 1.55. The number of halogens is 2.